The lowest BCUT2D eigenvalue weighted by Gasteiger charge is -2.21. The number of nitrogens with two attached hydrogens (primary N) is 1. The number of carbonyl (C=O) groups is 1. The van der Waals surface area contributed by atoms with E-state index in [0.29, 0.717) is 10.6 Å². The van der Waals surface area contributed by atoms with E-state index < -0.39 is 0 Å². The van der Waals surface area contributed by atoms with E-state index in [1.807, 2.05) is 20.8 Å². The third kappa shape index (κ3) is 3.31. The minimum absolute atomic E-state index is 0.108. The molecule has 1 amide bonds. The van der Waals surface area contributed by atoms with Crippen molar-refractivity contribution < 1.29 is 10.0 Å². The number of nitrogens with zero attached hydrogens (tertiary/aromatic N) is 3. The van der Waals surface area contributed by atoms with Crippen molar-refractivity contribution in [2.75, 3.05) is 0 Å². The van der Waals surface area contributed by atoms with Crippen molar-refractivity contribution in [3.8, 4) is 0 Å². The Morgan fingerprint density at radius 2 is 2.19 bits per heavy atom. The second-order valence-corrected chi connectivity index (χ2v) is 7.10. The maximum absolute atomic E-state index is 12.5. The van der Waals surface area contributed by atoms with Gasteiger partial charge in [-0.1, -0.05) is 36.8 Å². The molecule has 0 spiro atoms. The molecule has 0 bridgehead atoms. The fourth-order valence-corrected chi connectivity index (χ4v) is 3.40. The molecule has 21 heavy (non-hydrogen) atoms. The highest BCUT2D eigenvalue weighted by Gasteiger charge is 2.34. The minimum atomic E-state index is -0.236. The average molecular weight is 311 g/mol. The summed E-state index contributed by atoms with van der Waals surface area (Å²) in [6.07, 6.45) is 2.58. The zero-order valence-corrected chi connectivity index (χ0v) is 13.3. The van der Waals surface area contributed by atoms with Crippen LogP contribution in [-0.4, -0.2) is 32.6 Å². The monoisotopic (exact) mass is 311 g/mol. The van der Waals surface area contributed by atoms with Crippen LogP contribution in [0.5, 0.6) is 0 Å². The van der Waals surface area contributed by atoms with Gasteiger partial charge in [0.05, 0.1) is 5.69 Å². The van der Waals surface area contributed by atoms with Crippen molar-refractivity contribution in [2.24, 2.45) is 16.8 Å². The van der Waals surface area contributed by atoms with Crippen LogP contribution in [0.25, 0.3) is 0 Å². The van der Waals surface area contributed by atoms with Crippen LogP contribution in [-0.2, 0) is 5.41 Å². The van der Waals surface area contributed by atoms with Crippen LogP contribution in [0.4, 0.5) is 0 Å². The Bertz CT molecular complexity index is 549. The number of oxime groups is 1. The first-order valence-electron chi connectivity index (χ1n) is 6.95. The molecule has 2 atom stereocenters. The Labute approximate surface area is 127 Å². The summed E-state index contributed by atoms with van der Waals surface area (Å²) in [5.74, 6) is -0.119. The van der Waals surface area contributed by atoms with Gasteiger partial charge < -0.3 is 16.3 Å². The van der Waals surface area contributed by atoms with Crippen LogP contribution < -0.4 is 11.1 Å². The summed E-state index contributed by atoms with van der Waals surface area (Å²) < 4.78 is 3.90. The number of amidine groups is 1. The summed E-state index contributed by atoms with van der Waals surface area (Å²) in [6.45, 7) is 5.99. The first kappa shape index (κ1) is 15.7. The molecule has 1 saturated carbocycles. The largest absolute Gasteiger partial charge is 0.409 e. The van der Waals surface area contributed by atoms with Crippen LogP contribution in [0.2, 0.25) is 0 Å². The summed E-state index contributed by atoms with van der Waals surface area (Å²) in [7, 11) is 0. The molecular weight excluding hydrogens is 290 g/mol. The van der Waals surface area contributed by atoms with Crippen LogP contribution in [0.3, 0.4) is 0 Å². The van der Waals surface area contributed by atoms with E-state index in [4.69, 9.17) is 10.9 Å². The molecule has 0 aliphatic heterocycles. The summed E-state index contributed by atoms with van der Waals surface area (Å²) in [4.78, 5) is 13.0. The lowest BCUT2D eigenvalue weighted by atomic mass is 9.91. The third-order valence-electron chi connectivity index (χ3n) is 3.73. The molecule has 0 radical (unpaired) electrons. The second kappa shape index (κ2) is 5.97. The molecule has 4 N–H and O–H groups in total. The Balaban J connectivity index is 2.14. The number of carbonyl (C=O) groups excluding carboxylic acids is 1. The summed E-state index contributed by atoms with van der Waals surface area (Å²) in [6, 6.07) is -0.108. The van der Waals surface area contributed by atoms with Crippen molar-refractivity contribution in [1.82, 2.24) is 14.9 Å². The SMILES string of the molecule is CC(C)(C)c1nnsc1C(=O)NC1CCCC1C(N)=NO. The van der Waals surface area contributed by atoms with E-state index in [1.54, 1.807) is 0 Å². The zero-order chi connectivity index (χ0) is 15.6. The third-order valence-corrected chi connectivity index (χ3v) is 4.46. The van der Waals surface area contributed by atoms with Gasteiger partial charge in [0.25, 0.3) is 5.91 Å². The van der Waals surface area contributed by atoms with Gasteiger partial charge in [-0.25, -0.2) is 0 Å². The molecular formula is C13H21N5O2S. The van der Waals surface area contributed by atoms with Crippen LogP contribution >= 0.6 is 11.5 Å². The van der Waals surface area contributed by atoms with Crippen molar-refractivity contribution >= 4 is 23.3 Å². The smallest absolute Gasteiger partial charge is 0.265 e. The molecule has 1 fully saturated rings. The van der Waals surface area contributed by atoms with E-state index in [1.165, 1.54) is 0 Å². The van der Waals surface area contributed by atoms with Crippen LogP contribution in [0.1, 0.15) is 55.4 Å². The van der Waals surface area contributed by atoms with Gasteiger partial charge in [-0.2, -0.15) is 0 Å². The topological polar surface area (TPSA) is 113 Å². The fraction of sp³-hybridized carbons (Fsp3) is 0.692. The molecule has 2 rings (SSSR count). The maximum Gasteiger partial charge on any atom is 0.265 e. The Hall–Kier alpha value is -1.70. The van der Waals surface area contributed by atoms with Gasteiger partial charge in [0.2, 0.25) is 0 Å². The number of nitrogens with one attached hydrogen (secondary N) is 1. The van der Waals surface area contributed by atoms with Gasteiger partial charge in [-0.3, -0.25) is 4.79 Å². The van der Waals surface area contributed by atoms with Gasteiger partial charge in [-0.05, 0) is 24.4 Å². The normalized spacial score (nSPS) is 23.3. The molecule has 1 aromatic heterocycles. The molecule has 8 heteroatoms. The van der Waals surface area contributed by atoms with Gasteiger partial charge in [0, 0.05) is 17.4 Å². The van der Waals surface area contributed by atoms with Gasteiger partial charge in [0.15, 0.2) is 0 Å². The number of rotatable bonds is 3. The Morgan fingerprint density at radius 3 is 2.81 bits per heavy atom. The van der Waals surface area contributed by atoms with Gasteiger partial charge in [-0.15, -0.1) is 5.10 Å². The predicted molar refractivity (Wildman–Crippen MR) is 80.6 cm³/mol. The van der Waals surface area contributed by atoms with Crippen molar-refractivity contribution in [3.05, 3.63) is 10.6 Å². The Morgan fingerprint density at radius 1 is 1.48 bits per heavy atom. The molecule has 7 nitrogen and oxygen atoms in total. The Kier molecular flexibility index (Phi) is 4.46. The predicted octanol–water partition coefficient (Wildman–Crippen LogP) is 1.48. The number of hydrogen-bond donors (Lipinski definition) is 3. The standard InChI is InChI=1S/C13H21N5O2S/c1-13(2,3)10-9(21-18-16-10)12(19)15-8-6-4-5-7(8)11(14)17-20/h7-8,20H,4-6H2,1-3H3,(H2,14,17)(H,15,19). The zero-order valence-electron chi connectivity index (χ0n) is 12.5. The van der Waals surface area contributed by atoms with Gasteiger partial charge >= 0.3 is 0 Å². The lowest BCUT2D eigenvalue weighted by Crippen LogP contribution is -2.42. The highest BCUT2D eigenvalue weighted by Crippen LogP contribution is 2.28. The first-order valence-corrected chi connectivity index (χ1v) is 7.73. The highest BCUT2D eigenvalue weighted by molar-refractivity contribution is 7.08. The quantitative estimate of drug-likeness (QED) is 0.339. The second-order valence-electron chi connectivity index (χ2n) is 6.34. The average Bonchev–Trinajstić information content (AvgIpc) is 3.05. The molecule has 1 heterocycles. The van der Waals surface area contributed by atoms with E-state index >= 15 is 0 Å². The number of amides is 1. The number of hydrogen-bond acceptors (Lipinski definition) is 6. The molecule has 1 aliphatic carbocycles. The summed E-state index contributed by atoms with van der Waals surface area (Å²) in [5.41, 5.74) is 6.15. The number of aromatic nitrogens is 2. The van der Waals surface area contributed by atoms with E-state index in [2.05, 4.69) is 20.1 Å². The van der Waals surface area contributed by atoms with E-state index in [9.17, 15) is 4.79 Å². The summed E-state index contributed by atoms with van der Waals surface area (Å²) >= 11 is 1.10. The van der Waals surface area contributed by atoms with E-state index in [0.717, 1.165) is 30.8 Å². The highest BCUT2D eigenvalue weighted by atomic mass is 32.1. The fourth-order valence-electron chi connectivity index (χ4n) is 2.63. The molecule has 1 aliphatic rings. The van der Waals surface area contributed by atoms with Crippen LogP contribution in [0.15, 0.2) is 5.16 Å². The molecule has 116 valence electrons. The van der Waals surface area contributed by atoms with Crippen molar-refractivity contribution in [2.45, 2.75) is 51.5 Å². The molecule has 2 unspecified atom stereocenters. The first-order chi connectivity index (χ1) is 9.84. The summed E-state index contributed by atoms with van der Waals surface area (Å²) in [5, 5.41) is 18.9. The van der Waals surface area contributed by atoms with Crippen LogP contribution in [0, 0.1) is 5.92 Å². The van der Waals surface area contributed by atoms with Gasteiger partial charge in [0.1, 0.15) is 10.7 Å². The lowest BCUT2D eigenvalue weighted by molar-refractivity contribution is 0.0935. The van der Waals surface area contributed by atoms with Crippen molar-refractivity contribution in [1.29, 1.82) is 0 Å². The van der Waals surface area contributed by atoms with Crippen molar-refractivity contribution in [3.63, 3.8) is 0 Å². The molecule has 0 aromatic carbocycles. The maximum atomic E-state index is 12.5. The minimum Gasteiger partial charge on any atom is -0.409 e. The van der Waals surface area contributed by atoms with E-state index in [-0.39, 0.29) is 29.1 Å². The molecule has 1 aromatic rings. The molecule has 0 saturated heterocycles.